The first-order chi connectivity index (χ1) is 6.31. The Bertz CT molecular complexity index is 175. The van der Waals surface area contributed by atoms with Gasteiger partial charge in [0.15, 0.2) is 0 Å². The van der Waals surface area contributed by atoms with Gasteiger partial charge in [-0.05, 0) is 6.42 Å². The van der Waals surface area contributed by atoms with E-state index in [2.05, 4.69) is 12.2 Å². The number of nitriles is 1. The van der Waals surface area contributed by atoms with Crippen LogP contribution < -0.4 is 5.32 Å². The van der Waals surface area contributed by atoms with Gasteiger partial charge in [0.25, 0.3) is 0 Å². The number of rotatable bonds is 7. The van der Waals surface area contributed by atoms with Crippen molar-refractivity contribution in [1.82, 2.24) is 5.32 Å². The first-order valence-electron chi connectivity index (χ1n) is 4.52. The predicted octanol–water partition coefficient (Wildman–Crippen LogP) is 0.833. The molecule has 0 aromatic heterocycles. The van der Waals surface area contributed by atoms with Crippen LogP contribution in [0, 0.1) is 11.3 Å². The fourth-order valence-corrected chi connectivity index (χ4v) is 0.745. The molecule has 0 aromatic carbocycles. The van der Waals surface area contributed by atoms with Crippen molar-refractivity contribution in [3.8, 4) is 6.07 Å². The second-order valence-electron chi connectivity index (χ2n) is 2.65. The van der Waals surface area contributed by atoms with Gasteiger partial charge in [-0.25, -0.2) is 0 Å². The fourth-order valence-electron chi connectivity index (χ4n) is 0.745. The molecule has 0 rings (SSSR count). The Morgan fingerprint density at radius 2 is 2.31 bits per heavy atom. The molecule has 0 heterocycles. The van der Waals surface area contributed by atoms with Crippen molar-refractivity contribution in [3.05, 3.63) is 0 Å². The van der Waals surface area contributed by atoms with E-state index in [1.165, 1.54) is 0 Å². The number of unbranched alkanes of at least 4 members (excludes halogenated alkanes) is 1. The SMILES string of the molecule is CCCCOCCNC(=O)CC#N. The van der Waals surface area contributed by atoms with Crippen molar-refractivity contribution in [2.75, 3.05) is 19.8 Å². The van der Waals surface area contributed by atoms with Crippen molar-refractivity contribution in [2.24, 2.45) is 0 Å². The van der Waals surface area contributed by atoms with Gasteiger partial charge in [0.2, 0.25) is 5.91 Å². The van der Waals surface area contributed by atoms with Gasteiger partial charge in [-0.2, -0.15) is 5.26 Å². The highest BCUT2D eigenvalue weighted by Gasteiger charge is 1.97. The molecule has 0 saturated heterocycles. The van der Waals surface area contributed by atoms with Crippen molar-refractivity contribution in [3.63, 3.8) is 0 Å². The third-order valence-corrected chi connectivity index (χ3v) is 1.45. The Hall–Kier alpha value is -1.08. The highest BCUT2D eigenvalue weighted by Crippen LogP contribution is 1.86. The molecule has 0 saturated carbocycles. The molecule has 1 amide bonds. The van der Waals surface area contributed by atoms with Gasteiger partial charge in [0, 0.05) is 13.2 Å². The van der Waals surface area contributed by atoms with Crippen LogP contribution in [-0.2, 0) is 9.53 Å². The molecule has 74 valence electrons. The van der Waals surface area contributed by atoms with Crippen molar-refractivity contribution in [1.29, 1.82) is 5.26 Å². The molecule has 4 nitrogen and oxygen atoms in total. The second-order valence-corrected chi connectivity index (χ2v) is 2.65. The molecule has 0 spiro atoms. The lowest BCUT2D eigenvalue weighted by Crippen LogP contribution is -2.26. The summed E-state index contributed by atoms with van der Waals surface area (Å²) in [6, 6.07) is 1.78. The molecule has 0 atom stereocenters. The summed E-state index contributed by atoms with van der Waals surface area (Å²) in [6.07, 6.45) is 2.09. The first-order valence-corrected chi connectivity index (χ1v) is 4.52. The molecular weight excluding hydrogens is 168 g/mol. The standard InChI is InChI=1S/C9H16N2O2/c1-2-3-7-13-8-6-11-9(12)4-5-10/h2-4,6-8H2,1H3,(H,11,12). The lowest BCUT2D eigenvalue weighted by molar-refractivity contribution is -0.120. The molecule has 0 aromatic rings. The molecule has 0 fully saturated rings. The van der Waals surface area contributed by atoms with Gasteiger partial charge in [0.1, 0.15) is 6.42 Å². The fraction of sp³-hybridized carbons (Fsp3) is 0.778. The lowest BCUT2D eigenvalue weighted by Gasteiger charge is -2.03. The summed E-state index contributed by atoms with van der Waals surface area (Å²) in [6.45, 7) is 3.85. The van der Waals surface area contributed by atoms with E-state index in [-0.39, 0.29) is 12.3 Å². The molecule has 13 heavy (non-hydrogen) atoms. The van der Waals surface area contributed by atoms with Gasteiger partial charge in [-0.15, -0.1) is 0 Å². The molecule has 0 aliphatic carbocycles. The zero-order valence-electron chi connectivity index (χ0n) is 8.01. The van der Waals surface area contributed by atoms with Crippen LogP contribution in [-0.4, -0.2) is 25.7 Å². The van der Waals surface area contributed by atoms with Gasteiger partial charge < -0.3 is 10.1 Å². The van der Waals surface area contributed by atoms with Gasteiger partial charge in [0.05, 0.1) is 12.7 Å². The number of ether oxygens (including phenoxy) is 1. The Morgan fingerprint density at radius 3 is 2.92 bits per heavy atom. The molecule has 4 heteroatoms. The maximum atomic E-state index is 10.7. The van der Waals surface area contributed by atoms with Crippen LogP contribution in [0.3, 0.4) is 0 Å². The summed E-state index contributed by atoms with van der Waals surface area (Å²) in [5.41, 5.74) is 0. The minimum Gasteiger partial charge on any atom is -0.380 e. The van der Waals surface area contributed by atoms with Crippen LogP contribution in [0.25, 0.3) is 0 Å². The topological polar surface area (TPSA) is 62.1 Å². The quantitative estimate of drug-likeness (QED) is 0.596. The Labute approximate surface area is 78.9 Å². The van der Waals surface area contributed by atoms with Crippen molar-refractivity contribution in [2.45, 2.75) is 26.2 Å². The average molecular weight is 184 g/mol. The third kappa shape index (κ3) is 8.83. The monoisotopic (exact) mass is 184 g/mol. The van der Waals surface area contributed by atoms with Crippen LogP contribution in [0.5, 0.6) is 0 Å². The lowest BCUT2D eigenvalue weighted by atomic mass is 10.4. The number of amides is 1. The van der Waals surface area contributed by atoms with E-state index in [0.717, 1.165) is 19.4 Å². The molecule has 0 bridgehead atoms. The summed E-state index contributed by atoms with van der Waals surface area (Å²) in [7, 11) is 0. The van der Waals surface area contributed by atoms with E-state index in [4.69, 9.17) is 10.00 Å². The minimum absolute atomic E-state index is 0.0744. The molecular formula is C9H16N2O2. The molecule has 0 unspecified atom stereocenters. The van der Waals surface area contributed by atoms with Crippen molar-refractivity contribution >= 4 is 5.91 Å². The Kier molecular flexibility index (Phi) is 8.26. The number of hydrogen-bond donors (Lipinski definition) is 1. The predicted molar refractivity (Wildman–Crippen MR) is 49.0 cm³/mol. The highest BCUT2D eigenvalue weighted by molar-refractivity contribution is 5.77. The van der Waals surface area contributed by atoms with Crippen LogP contribution >= 0.6 is 0 Å². The number of hydrogen-bond acceptors (Lipinski definition) is 3. The molecule has 1 N–H and O–H groups in total. The van der Waals surface area contributed by atoms with E-state index in [1.807, 2.05) is 0 Å². The van der Waals surface area contributed by atoms with Crippen LogP contribution in [0.2, 0.25) is 0 Å². The normalized spacial score (nSPS) is 9.23. The van der Waals surface area contributed by atoms with E-state index >= 15 is 0 Å². The maximum absolute atomic E-state index is 10.7. The highest BCUT2D eigenvalue weighted by atomic mass is 16.5. The van der Waals surface area contributed by atoms with Crippen LogP contribution in [0.15, 0.2) is 0 Å². The maximum Gasteiger partial charge on any atom is 0.234 e. The number of nitrogens with one attached hydrogen (secondary N) is 1. The summed E-state index contributed by atoms with van der Waals surface area (Å²) < 4.78 is 5.20. The number of carbonyl (C=O) groups excluding carboxylic acids is 1. The Morgan fingerprint density at radius 1 is 1.54 bits per heavy atom. The third-order valence-electron chi connectivity index (χ3n) is 1.45. The molecule has 0 aliphatic rings. The zero-order valence-corrected chi connectivity index (χ0v) is 8.01. The smallest absolute Gasteiger partial charge is 0.234 e. The second kappa shape index (κ2) is 9.01. The summed E-state index contributed by atoms with van der Waals surface area (Å²) >= 11 is 0. The van der Waals surface area contributed by atoms with Crippen LogP contribution in [0.4, 0.5) is 0 Å². The van der Waals surface area contributed by atoms with Gasteiger partial charge >= 0.3 is 0 Å². The largest absolute Gasteiger partial charge is 0.380 e. The first kappa shape index (κ1) is 11.9. The average Bonchev–Trinajstić information content (AvgIpc) is 2.11. The van der Waals surface area contributed by atoms with E-state index in [0.29, 0.717) is 13.2 Å². The van der Waals surface area contributed by atoms with Crippen molar-refractivity contribution < 1.29 is 9.53 Å². The minimum atomic E-state index is -0.235. The molecule has 0 radical (unpaired) electrons. The summed E-state index contributed by atoms with van der Waals surface area (Å²) in [4.78, 5) is 10.7. The summed E-state index contributed by atoms with van der Waals surface area (Å²) in [5, 5.41) is 10.7. The Balaban J connectivity index is 3.08. The molecule has 0 aliphatic heterocycles. The zero-order chi connectivity index (χ0) is 9.94. The number of carbonyl (C=O) groups is 1. The number of nitrogens with zero attached hydrogens (tertiary/aromatic N) is 1. The van der Waals surface area contributed by atoms with E-state index in [9.17, 15) is 4.79 Å². The van der Waals surface area contributed by atoms with Gasteiger partial charge in [-0.1, -0.05) is 13.3 Å². The van der Waals surface area contributed by atoms with Crippen LogP contribution in [0.1, 0.15) is 26.2 Å². The summed E-state index contributed by atoms with van der Waals surface area (Å²) in [5.74, 6) is -0.235. The van der Waals surface area contributed by atoms with E-state index in [1.54, 1.807) is 6.07 Å². The van der Waals surface area contributed by atoms with E-state index < -0.39 is 0 Å². The van der Waals surface area contributed by atoms with Gasteiger partial charge in [-0.3, -0.25) is 4.79 Å².